The number of thiophene rings is 1. The lowest BCUT2D eigenvalue weighted by Crippen LogP contribution is -2.12. The number of nitrogens with zero attached hydrogens (tertiary/aromatic N) is 2. The van der Waals surface area contributed by atoms with E-state index in [1.165, 1.54) is 29.5 Å². The van der Waals surface area contributed by atoms with Gasteiger partial charge in [-0.2, -0.15) is 0 Å². The van der Waals surface area contributed by atoms with Crippen molar-refractivity contribution in [2.75, 3.05) is 5.32 Å². The van der Waals surface area contributed by atoms with Crippen molar-refractivity contribution in [3.8, 4) is 0 Å². The summed E-state index contributed by atoms with van der Waals surface area (Å²) in [5.41, 5.74) is 0.171. The van der Waals surface area contributed by atoms with E-state index in [0.717, 1.165) is 10.9 Å². The van der Waals surface area contributed by atoms with Gasteiger partial charge in [0.1, 0.15) is 5.82 Å². The predicted octanol–water partition coefficient (Wildman–Crippen LogP) is 3.77. The number of rotatable bonds is 4. The summed E-state index contributed by atoms with van der Waals surface area (Å²) in [6, 6.07) is 8.93. The summed E-state index contributed by atoms with van der Waals surface area (Å²) in [5.74, 6) is -0.657. The first-order chi connectivity index (χ1) is 10.6. The fourth-order valence-electron chi connectivity index (χ4n) is 1.77. The van der Waals surface area contributed by atoms with Gasteiger partial charge in [0.05, 0.1) is 10.8 Å². The van der Waals surface area contributed by atoms with Crippen LogP contribution >= 0.6 is 22.9 Å². The maximum Gasteiger partial charge on any atom is 0.322 e. The van der Waals surface area contributed by atoms with Crippen molar-refractivity contribution < 1.29 is 13.6 Å². The number of anilines is 1. The Kier molecular flexibility index (Phi) is 4.17. The molecular weight excluding hydrogens is 329 g/mol. The first-order valence-electron chi connectivity index (χ1n) is 6.23. The van der Waals surface area contributed by atoms with E-state index in [0.29, 0.717) is 16.6 Å². The van der Waals surface area contributed by atoms with Crippen molar-refractivity contribution in [1.82, 2.24) is 10.2 Å². The zero-order valence-electron chi connectivity index (χ0n) is 11.0. The Balaban J connectivity index is 1.67. The number of carbonyl (C=O) groups is 1. The summed E-state index contributed by atoms with van der Waals surface area (Å²) in [6.07, 6.45) is 0.431. The highest BCUT2D eigenvalue weighted by atomic mass is 35.5. The maximum atomic E-state index is 13.1. The van der Waals surface area contributed by atoms with Gasteiger partial charge in [-0.25, -0.2) is 4.39 Å². The lowest BCUT2D eigenvalue weighted by molar-refractivity contribution is 0.102. The van der Waals surface area contributed by atoms with Crippen LogP contribution in [0.2, 0.25) is 4.34 Å². The van der Waals surface area contributed by atoms with Crippen molar-refractivity contribution in [3.05, 3.63) is 62.9 Å². The molecule has 0 bridgehead atoms. The van der Waals surface area contributed by atoms with Gasteiger partial charge in [-0.05, 0) is 30.3 Å². The highest BCUT2D eigenvalue weighted by Crippen LogP contribution is 2.23. The van der Waals surface area contributed by atoms with Crippen LogP contribution in [0.3, 0.4) is 0 Å². The van der Waals surface area contributed by atoms with Crippen LogP contribution < -0.4 is 5.32 Å². The average Bonchev–Trinajstić information content (AvgIpc) is 3.09. The zero-order chi connectivity index (χ0) is 15.5. The Morgan fingerprint density at radius 1 is 1.32 bits per heavy atom. The van der Waals surface area contributed by atoms with Crippen LogP contribution in [0.25, 0.3) is 0 Å². The van der Waals surface area contributed by atoms with Gasteiger partial charge in [-0.15, -0.1) is 16.4 Å². The smallest absolute Gasteiger partial charge is 0.322 e. The Bertz CT molecular complexity index is 818. The van der Waals surface area contributed by atoms with E-state index in [9.17, 15) is 9.18 Å². The summed E-state index contributed by atoms with van der Waals surface area (Å²) in [4.78, 5) is 12.9. The monoisotopic (exact) mass is 337 g/mol. The molecule has 0 radical (unpaired) electrons. The van der Waals surface area contributed by atoms with Crippen LogP contribution in [0.4, 0.5) is 10.4 Å². The third kappa shape index (κ3) is 3.49. The van der Waals surface area contributed by atoms with Crippen LogP contribution in [0.5, 0.6) is 0 Å². The predicted molar refractivity (Wildman–Crippen MR) is 80.8 cm³/mol. The van der Waals surface area contributed by atoms with E-state index in [1.54, 1.807) is 6.07 Å². The van der Waals surface area contributed by atoms with Crippen LogP contribution in [0.1, 0.15) is 21.1 Å². The number of halogens is 2. The molecule has 0 atom stereocenters. The Morgan fingerprint density at radius 3 is 2.91 bits per heavy atom. The van der Waals surface area contributed by atoms with Crippen LogP contribution in [-0.2, 0) is 6.42 Å². The summed E-state index contributed by atoms with van der Waals surface area (Å²) in [7, 11) is 0. The van der Waals surface area contributed by atoms with Gasteiger partial charge in [0, 0.05) is 10.4 Å². The molecule has 112 valence electrons. The second-order valence-electron chi connectivity index (χ2n) is 4.35. The summed E-state index contributed by atoms with van der Waals surface area (Å²) in [6.45, 7) is 0. The van der Waals surface area contributed by atoms with Crippen LogP contribution in [0.15, 0.2) is 40.8 Å². The fourth-order valence-corrected chi connectivity index (χ4v) is 2.85. The molecule has 3 rings (SSSR count). The number of amides is 1. The first-order valence-corrected chi connectivity index (χ1v) is 7.43. The lowest BCUT2D eigenvalue weighted by atomic mass is 10.2. The SMILES string of the molecule is O=C(Nc1nnc(Cc2ccc(Cl)s2)o1)c1cccc(F)c1. The van der Waals surface area contributed by atoms with Crippen LogP contribution in [-0.4, -0.2) is 16.1 Å². The molecule has 3 aromatic rings. The molecule has 22 heavy (non-hydrogen) atoms. The second kappa shape index (κ2) is 6.25. The number of hydrogen-bond donors (Lipinski definition) is 1. The van der Waals surface area contributed by atoms with Gasteiger partial charge in [0.2, 0.25) is 5.89 Å². The molecule has 0 unspecified atom stereocenters. The van der Waals surface area contributed by atoms with Crippen molar-refractivity contribution in [1.29, 1.82) is 0 Å². The third-order valence-corrected chi connectivity index (χ3v) is 3.96. The van der Waals surface area contributed by atoms with E-state index in [1.807, 2.05) is 6.07 Å². The van der Waals surface area contributed by atoms with Gasteiger partial charge < -0.3 is 4.42 Å². The first kappa shape index (κ1) is 14.7. The number of benzene rings is 1. The summed E-state index contributed by atoms with van der Waals surface area (Å²) >= 11 is 7.26. The van der Waals surface area contributed by atoms with E-state index in [4.69, 9.17) is 16.0 Å². The van der Waals surface area contributed by atoms with E-state index in [-0.39, 0.29) is 11.6 Å². The normalized spacial score (nSPS) is 10.6. The maximum absolute atomic E-state index is 13.1. The Morgan fingerprint density at radius 2 is 2.18 bits per heavy atom. The number of nitrogens with one attached hydrogen (secondary N) is 1. The molecule has 0 saturated carbocycles. The highest BCUT2D eigenvalue weighted by Gasteiger charge is 2.13. The topological polar surface area (TPSA) is 68.0 Å². The zero-order valence-corrected chi connectivity index (χ0v) is 12.6. The third-order valence-electron chi connectivity index (χ3n) is 2.73. The standard InChI is InChI=1S/C14H9ClFN3O2S/c15-11-5-4-10(22-11)7-12-18-19-14(21-12)17-13(20)8-2-1-3-9(16)6-8/h1-6H,7H2,(H,17,19,20). The molecule has 0 aliphatic carbocycles. The second-order valence-corrected chi connectivity index (χ2v) is 6.15. The van der Waals surface area contributed by atoms with E-state index in [2.05, 4.69) is 15.5 Å². The summed E-state index contributed by atoms with van der Waals surface area (Å²) in [5, 5.41) is 10.0. The highest BCUT2D eigenvalue weighted by molar-refractivity contribution is 7.16. The van der Waals surface area contributed by atoms with Gasteiger partial charge in [-0.1, -0.05) is 22.8 Å². The minimum atomic E-state index is -0.520. The quantitative estimate of drug-likeness (QED) is 0.787. The van der Waals surface area contributed by atoms with Crippen molar-refractivity contribution >= 4 is 34.9 Å². The molecule has 2 aromatic heterocycles. The minimum Gasteiger partial charge on any atom is -0.407 e. The van der Waals surface area contributed by atoms with Gasteiger partial charge >= 0.3 is 6.01 Å². The number of carbonyl (C=O) groups excluding carboxylic acids is 1. The van der Waals surface area contributed by atoms with Gasteiger partial charge in [0.25, 0.3) is 5.91 Å². The molecule has 0 aliphatic rings. The summed E-state index contributed by atoms with van der Waals surface area (Å²) < 4.78 is 19.1. The number of aromatic nitrogens is 2. The van der Waals surface area contributed by atoms with E-state index >= 15 is 0 Å². The van der Waals surface area contributed by atoms with Crippen molar-refractivity contribution in [3.63, 3.8) is 0 Å². The fraction of sp³-hybridized carbons (Fsp3) is 0.0714. The Labute approximate surface area is 133 Å². The van der Waals surface area contributed by atoms with Crippen molar-refractivity contribution in [2.45, 2.75) is 6.42 Å². The molecule has 2 heterocycles. The molecule has 0 aliphatic heterocycles. The van der Waals surface area contributed by atoms with Crippen LogP contribution in [0, 0.1) is 5.82 Å². The lowest BCUT2D eigenvalue weighted by Gasteiger charge is -2.00. The molecule has 0 fully saturated rings. The molecule has 8 heteroatoms. The average molecular weight is 338 g/mol. The Hall–Kier alpha value is -2.25. The van der Waals surface area contributed by atoms with E-state index < -0.39 is 11.7 Å². The largest absolute Gasteiger partial charge is 0.407 e. The van der Waals surface area contributed by atoms with Gasteiger partial charge in [0.15, 0.2) is 0 Å². The molecular formula is C14H9ClFN3O2S. The molecule has 1 aromatic carbocycles. The molecule has 1 N–H and O–H groups in total. The molecule has 0 saturated heterocycles. The number of hydrogen-bond acceptors (Lipinski definition) is 5. The molecule has 5 nitrogen and oxygen atoms in total. The minimum absolute atomic E-state index is 0.0353. The molecule has 0 spiro atoms. The molecule has 1 amide bonds. The van der Waals surface area contributed by atoms with Crippen molar-refractivity contribution in [2.24, 2.45) is 0 Å². The van der Waals surface area contributed by atoms with Gasteiger partial charge in [-0.3, -0.25) is 10.1 Å².